The molecular weight excluding hydrogens is 516 g/mol. The van der Waals surface area contributed by atoms with Crippen LogP contribution in [0, 0.1) is 5.82 Å². The summed E-state index contributed by atoms with van der Waals surface area (Å²) >= 11 is 12.3. The third-order valence-electron chi connectivity index (χ3n) is 5.51. The zero-order valence-corrected chi connectivity index (χ0v) is 22.4. The minimum absolute atomic E-state index is 0.0214. The molecule has 2 rings (SSSR count). The van der Waals surface area contributed by atoms with Gasteiger partial charge in [0.1, 0.15) is 18.4 Å². The maximum absolute atomic E-state index is 13.6. The summed E-state index contributed by atoms with van der Waals surface area (Å²) in [5, 5.41) is 3.22. The van der Waals surface area contributed by atoms with E-state index in [1.807, 2.05) is 13.8 Å². The first kappa shape index (κ1) is 28.9. The molecule has 7 nitrogen and oxygen atoms in total. The van der Waals surface area contributed by atoms with Crippen LogP contribution in [0.15, 0.2) is 42.5 Å². The van der Waals surface area contributed by atoms with E-state index in [2.05, 4.69) is 5.32 Å². The number of benzene rings is 2. The second-order valence-corrected chi connectivity index (χ2v) is 11.0. The fourth-order valence-electron chi connectivity index (χ4n) is 3.42. The molecule has 0 aliphatic rings. The van der Waals surface area contributed by atoms with Gasteiger partial charge in [-0.25, -0.2) is 12.8 Å². The maximum Gasteiger partial charge on any atom is 0.244 e. The molecule has 1 N–H and O–H groups in total. The average molecular weight is 546 g/mol. The molecule has 0 saturated carbocycles. The quantitative estimate of drug-likeness (QED) is 0.446. The van der Waals surface area contributed by atoms with Gasteiger partial charge in [-0.2, -0.15) is 0 Å². The lowest BCUT2D eigenvalue weighted by molar-refractivity contribution is -0.140. The van der Waals surface area contributed by atoms with Gasteiger partial charge in [0.2, 0.25) is 21.8 Å². The van der Waals surface area contributed by atoms with E-state index >= 15 is 0 Å². The van der Waals surface area contributed by atoms with Crippen molar-refractivity contribution >= 4 is 50.7 Å². The molecule has 0 spiro atoms. The molecule has 0 radical (unpaired) electrons. The minimum atomic E-state index is -3.95. The summed E-state index contributed by atoms with van der Waals surface area (Å²) < 4.78 is 39.6. The predicted molar refractivity (Wildman–Crippen MR) is 138 cm³/mol. The highest BCUT2D eigenvalue weighted by Crippen LogP contribution is 2.31. The Hall–Kier alpha value is -2.36. The number of carbonyl (C=O) groups is 2. The Morgan fingerprint density at radius 1 is 1.06 bits per heavy atom. The Labute approximate surface area is 216 Å². The lowest BCUT2D eigenvalue weighted by atomic mass is 10.1. The lowest BCUT2D eigenvalue weighted by Crippen LogP contribution is -2.53. The summed E-state index contributed by atoms with van der Waals surface area (Å²) in [6.45, 7) is 4.91. The largest absolute Gasteiger partial charge is 0.352 e. The van der Waals surface area contributed by atoms with Gasteiger partial charge in [-0.1, -0.05) is 49.2 Å². The number of nitrogens with zero attached hydrogens (tertiary/aromatic N) is 2. The minimum Gasteiger partial charge on any atom is -0.352 e. The number of halogens is 3. The van der Waals surface area contributed by atoms with E-state index in [1.54, 1.807) is 6.92 Å². The molecule has 2 aromatic rings. The molecule has 0 saturated heterocycles. The van der Waals surface area contributed by atoms with Crippen molar-refractivity contribution in [3.8, 4) is 0 Å². The number of nitrogens with one attached hydrogen (secondary N) is 1. The van der Waals surface area contributed by atoms with Gasteiger partial charge in [-0.3, -0.25) is 13.9 Å². The highest BCUT2D eigenvalue weighted by atomic mass is 35.5. The van der Waals surface area contributed by atoms with Crippen LogP contribution in [0.5, 0.6) is 0 Å². The van der Waals surface area contributed by atoms with Crippen molar-refractivity contribution in [3.63, 3.8) is 0 Å². The van der Waals surface area contributed by atoms with Gasteiger partial charge >= 0.3 is 0 Å². The first-order valence-corrected chi connectivity index (χ1v) is 13.7. The van der Waals surface area contributed by atoms with Crippen LogP contribution in [-0.2, 0) is 26.2 Å². The molecule has 0 fully saturated rings. The van der Waals surface area contributed by atoms with Gasteiger partial charge in [0.15, 0.2) is 0 Å². The van der Waals surface area contributed by atoms with Crippen molar-refractivity contribution < 1.29 is 22.4 Å². The van der Waals surface area contributed by atoms with E-state index in [-0.39, 0.29) is 40.6 Å². The standard InChI is InChI=1S/C24H30Cl2FN3O4S/c1-5-16(3)28-24(32)21(6-2)29(14-17-7-10-19(27)11-8-17)23(31)15-30(35(4,33)34)22-13-18(25)9-12-20(22)26/h7-13,16,21H,5-6,14-15H2,1-4H3,(H,28,32)/t16-,21-/m0/s1. The highest BCUT2D eigenvalue weighted by Gasteiger charge is 2.32. The second-order valence-electron chi connectivity index (χ2n) is 8.26. The molecule has 0 aliphatic heterocycles. The fourth-order valence-corrected chi connectivity index (χ4v) is 4.71. The fraction of sp³-hybridized carbons (Fsp3) is 0.417. The van der Waals surface area contributed by atoms with E-state index in [4.69, 9.17) is 23.2 Å². The number of rotatable bonds is 11. The number of hydrogen-bond donors (Lipinski definition) is 1. The van der Waals surface area contributed by atoms with E-state index in [0.717, 1.165) is 10.6 Å². The lowest BCUT2D eigenvalue weighted by Gasteiger charge is -2.33. The van der Waals surface area contributed by atoms with Gasteiger partial charge in [0, 0.05) is 17.6 Å². The van der Waals surface area contributed by atoms with E-state index in [0.29, 0.717) is 12.0 Å². The number of sulfonamides is 1. The third-order valence-corrected chi connectivity index (χ3v) is 7.19. The molecule has 0 aromatic heterocycles. The molecule has 35 heavy (non-hydrogen) atoms. The Bertz CT molecular complexity index is 1150. The molecule has 2 aromatic carbocycles. The summed E-state index contributed by atoms with van der Waals surface area (Å²) in [7, 11) is -3.95. The van der Waals surface area contributed by atoms with Gasteiger partial charge in [-0.15, -0.1) is 0 Å². The van der Waals surface area contributed by atoms with Crippen molar-refractivity contribution in [2.24, 2.45) is 0 Å². The van der Waals surface area contributed by atoms with Crippen LogP contribution in [0.1, 0.15) is 39.2 Å². The Kier molecular flexibility index (Phi) is 10.4. The Morgan fingerprint density at radius 2 is 1.69 bits per heavy atom. The molecule has 2 atom stereocenters. The Balaban J connectivity index is 2.47. The molecule has 0 heterocycles. The number of carbonyl (C=O) groups excluding carboxylic acids is 2. The SMILES string of the molecule is CC[C@H](C)NC(=O)[C@H](CC)N(Cc1ccc(F)cc1)C(=O)CN(c1cc(Cl)ccc1Cl)S(C)(=O)=O. The molecule has 11 heteroatoms. The van der Waals surface area contributed by atoms with Crippen LogP contribution in [0.4, 0.5) is 10.1 Å². The topological polar surface area (TPSA) is 86.8 Å². The summed E-state index contributed by atoms with van der Waals surface area (Å²) in [5.74, 6) is -1.42. The molecule has 192 valence electrons. The van der Waals surface area contributed by atoms with Crippen LogP contribution in [0.3, 0.4) is 0 Å². The third kappa shape index (κ3) is 8.08. The number of anilines is 1. The van der Waals surface area contributed by atoms with E-state index in [1.165, 1.54) is 47.4 Å². The average Bonchev–Trinajstić information content (AvgIpc) is 2.79. The summed E-state index contributed by atoms with van der Waals surface area (Å²) in [6, 6.07) is 8.84. The molecular formula is C24H30Cl2FN3O4S. The van der Waals surface area contributed by atoms with Gasteiger partial charge < -0.3 is 10.2 Å². The Morgan fingerprint density at radius 3 is 2.23 bits per heavy atom. The van der Waals surface area contributed by atoms with Gasteiger partial charge in [0.05, 0.1) is 17.0 Å². The first-order chi connectivity index (χ1) is 16.4. The van der Waals surface area contributed by atoms with Crippen LogP contribution < -0.4 is 9.62 Å². The summed E-state index contributed by atoms with van der Waals surface area (Å²) in [5.41, 5.74) is 0.634. The van der Waals surface area contributed by atoms with Crippen molar-refractivity contribution in [1.82, 2.24) is 10.2 Å². The van der Waals surface area contributed by atoms with Crippen molar-refractivity contribution in [3.05, 3.63) is 63.9 Å². The van der Waals surface area contributed by atoms with Crippen LogP contribution in [0.25, 0.3) is 0 Å². The van der Waals surface area contributed by atoms with Crippen LogP contribution in [0.2, 0.25) is 10.0 Å². The van der Waals surface area contributed by atoms with E-state index in [9.17, 15) is 22.4 Å². The van der Waals surface area contributed by atoms with Crippen LogP contribution >= 0.6 is 23.2 Å². The molecule has 0 bridgehead atoms. The molecule has 2 amide bonds. The number of amides is 2. The summed E-state index contributed by atoms with van der Waals surface area (Å²) in [6.07, 6.45) is 1.93. The molecule has 0 aliphatic carbocycles. The zero-order chi connectivity index (χ0) is 26.3. The monoisotopic (exact) mass is 545 g/mol. The highest BCUT2D eigenvalue weighted by molar-refractivity contribution is 7.92. The van der Waals surface area contributed by atoms with Crippen LogP contribution in [-0.4, -0.2) is 50.0 Å². The molecule has 0 unspecified atom stereocenters. The second kappa shape index (κ2) is 12.6. The zero-order valence-electron chi connectivity index (χ0n) is 20.1. The first-order valence-electron chi connectivity index (χ1n) is 11.1. The number of hydrogen-bond acceptors (Lipinski definition) is 4. The normalized spacial score (nSPS) is 13.1. The smallest absolute Gasteiger partial charge is 0.244 e. The van der Waals surface area contributed by atoms with Gasteiger partial charge in [-0.05, 0) is 55.7 Å². The summed E-state index contributed by atoms with van der Waals surface area (Å²) in [4.78, 5) is 27.9. The van der Waals surface area contributed by atoms with Gasteiger partial charge in [0.25, 0.3) is 0 Å². The van der Waals surface area contributed by atoms with Crippen molar-refractivity contribution in [2.75, 3.05) is 17.1 Å². The van der Waals surface area contributed by atoms with Crippen molar-refractivity contribution in [2.45, 2.75) is 52.2 Å². The predicted octanol–water partition coefficient (Wildman–Crippen LogP) is 4.62. The van der Waals surface area contributed by atoms with E-state index < -0.39 is 34.3 Å². The maximum atomic E-state index is 13.6. The van der Waals surface area contributed by atoms with Crippen molar-refractivity contribution in [1.29, 1.82) is 0 Å².